The van der Waals surface area contributed by atoms with E-state index in [2.05, 4.69) is 17.0 Å². The normalized spacial score (nSPS) is 18.5. The predicted molar refractivity (Wildman–Crippen MR) is 108 cm³/mol. The van der Waals surface area contributed by atoms with Crippen LogP contribution >= 0.6 is 11.6 Å². The molecule has 3 N–H and O–H groups in total. The molecular weight excluding hydrogens is 346 g/mol. The number of rotatable bonds is 10. The average Bonchev–Trinajstić information content (AvgIpc) is 2.64. The lowest BCUT2D eigenvalue weighted by atomic mass is 9.75. The fourth-order valence-electron chi connectivity index (χ4n) is 3.88. The van der Waals surface area contributed by atoms with Gasteiger partial charge in [0.1, 0.15) is 5.54 Å². The van der Waals surface area contributed by atoms with Crippen LogP contribution in [0.25, 0.3) is 0 Å². The van der Waals surface area contributed by atoms with Gasteiger partial charge >= 0.3 is 5.97 Å². The highest BCUT2D eigenvalue weighted by atomic mass is 35.5. The summed E-state index contributed by atoms with van der Waals surface area (Å²) in [6.07, 6.45) is 6.54. The van der Waals surface area contributed by atoms with E-state index in [1.54, 1.807) is 0 Å². The Kier molecular flexibility index (Phi) is 8.46. The molecule has 1 unspecified atom stereocenters. The van der Waals surface area contributed by atoms with Crippen molar-refractivity contribution in [3.63, 3.8) is 0 Å². The van der Waals surface area contributed by atoms with E-state index in [1.165, 1.54) is 5.56 Å². The number of carboxylic acids is 1. The second-order valence-corrected chi connectivity index (χ2v) is 7.87. The first-order chi connectivity index (χ1) is 12.5. The molecule has 142 valence electrons. The molecule has 6 heteroatoms. The highest BCUT2D eigenvalue weighted by Gasteiger charge is 2.42. The molecule has 0 aromatic heterocycles. The zero-order chi connectivity index (χ0) is 19.0. The van der Waals surface area contributed by atoms with Crippen LogP contribution in [-0.2, 0) is 11.2 Å². The lowest BCUT2D eigenvalue weighted by Crippen LogP contribution is -2.57. The van der Waals surface area contributed by atoms with Crippen LogP contribution < -0.4 is 5.73 Å². The molecule has 1 aliphatic heterocycles. The summed E-state index contributed by atoms with van der Waals surface area (Å²) < 4.78 is 0. The number of piperidine rings is 1. The molecule has 0 bridgehead atoms. The van der Waals surface area contributed by atoms with Crippen LogP contribution in [0.3, 0.4) is 0 Å². The van der Waals surface area contributed by atoms with Crippen LogP contribution in [0.2, 0.25) is 11.3 Å². The van der Waals surface area contributed by atoms with E-state index in [4.69, 9.17) is 25.2 Å². The van der Waals surface area contributed by atoms with Crippen LogP contribution in [0.4, 0.5) is 0 Å². The standard InChI is InChI=1S/C20H30BClN2O2/c21-12-2-1-11-20(23,19(25)26)17-9-14-24(15-10-17)13-3-4-16-5-7-18(22)8-6-16/h5-8,17H,1-4,9-15,23H2,(H,25,26). The number of carbonyl (C=O) groups is 1. The van der Waals surface area contributed by atoms with Gasteiger partial charge in [-0.3, -0.25) is 4.79 Å². The Balaban J connectivity index is 1.76. The molecular formula is C20H30BClN2O2. The van der Waals surface area contributed by atoms with E-state index in [1.807, 2.05) is 12.1 Å². The second kappa shape index (κ2) is 10.3. The average molecular weight is 377 g/mol. The van der Waals surface area contributed by atoms with Gasteiger partial charge in [-0.05, 0) is 75.4 Å². The molecule has 2 rings (SSSR count). The van der Waals surface area contributed by atoms with Gasteiger partial charge in [0.15, 0.2) is 0 Å². The van der Waals surface area contributed by atoms with E-state index < -0.39 is 11.5 Å². The molecule has 4 nitrogen and oxygen atoms in total. The van der Waals surface area contributed by atoms with Gasteiger partial charge in [0.2, 0.25) is 0 Å². The lowest BCUT2D eigenvalue weighted by molar-refractivity contribution is -0.147. The second-order valence-electron chi connectivity index (χ2n) is 7.44. The van der Waals surface area contributed by atoms with E-state index in [0.29, 0.717) is 12.7 Å². The number of halogens is 1. The van der Waals surface area contributed by atoms with Crippen molar-refractivity contribution in [1.82, 2.24) is 4.90 Å². The predicted octanol–water partition coefficient (Wildman–Crippen LogP) is 3.52. The highest BCUT2D eigenvalue weighted by Crippen LogP contribution is 2.31. The molecule has 1 heterocycles. The molecule has 1 fully saturated rings. The number of nitrogens with zero attached hydrogens (tertiary/aromatic N) is 1. The summed E-state index contributed by atoms with van der Waals surface area (Å²) in [6, 6.07) is 8.01. The third-order valence-electron chi connectivity index (χ3n) is 5.61. The summed E-state index contributed by atoms with van der Waals surface area (Å²) in [7, 11) is 5.53. The maximum atomic E-state index is 11.8. The number of likely N-dealkylation sites (tertiary alicyclic amines) is 1. The molecule has 0 amide bonds. The summed E-state index contributed by atoms with van der Waals surface area (Å²) in [5, 5.41) is 10.4. The maximum Gasteiger partial charge on any atom is 0.323 e. The first-order valence-corrected chi connectivity index (χ1v) is 10.0. The number of hydrogen-bond donors (Lipinski definition) is 2. The monoisotopic (exact) mass is 376 g/mol. The van der Waals surface area contributed by atoms with Crippen molar-refractivity contribution < 1.29 is 9.90 Å². The van der Waals surface area contributed by atoms with Crippen molar-refractivity contribution in [3.8, 4) is 0 Å². The van der Waals surface area contributed by atoms with Gasteiger partial charge in [-0.1, -0.05) is 42.9 Å². The van der Waals surface area contributed by atoms with Crippen LogP contribution in [0, 0.1) is 5.92 Å². The Labute approximate surface area is 163 Å². The highest BCUT2D eigenvalue weighted by molar-refractivity contribution is 6.30. The van der Waals surface area contributed by atoms with Crippen LogP contribution in [-0.4, -0.2) is 49.0 Å². The molecule has 1 aliphatic rings. The summed E-state index contributed by atoms with van der Waals surface area (Å²) in [5.74, 6) is -0.819. The fourth-order valence-corrected chi connectivity index (χ4v) is 4.00. The molecule has 1 atom stereocenters. The molecule has 26 heavy (non-hydrogen) atoms. The van der Waals surface area contributed by atoms with Crippen molar-refractivity contribution in [2.75, 3.05) is 19.6 Å². The van der Waals surface area contributed by atoms with Crippen LogP contribution in [0.1, 0.15) is 44.1 Å². The maximum absolute atomic E-state index is 11.8. The Bertz CT molecular complexity index is 561. The van der Waals surface area contributed by atoms with Crippen LogP contribution in [0.15, 0.2) is 24.3 Å². The van der Waals surface area contributed by atoms with Gasteiger partial charge in [-0.2, -0.15) is 0 Å². The molecule has 1 aromatic rings. The lowest BCUT2D eigenvalue weighted by Gasteiger charge is -2.40. The van der Waals surface area contributed by atoms with E-state index in [0.717, 1.165) is 63.2 Å². The number of aliphatic carboxylic acids is 1. The summed E-state index contributed by atoms with van der Waals surface area (Å²) >= 11 is 5.91. The largest absolute Gasteiger partial charge is 0.480 e. The van der Waals surface area contributed by atoms with E-state index in [9.17, 15) is 9.90 Å². The van der Waals surface area contributed by atoms with Crippen molar-refractivity contribution in [2.24, 2.45) is 11.7 Å². The topological polar surface area (TPSA) is 66.6 Å². The van der Waals surface area contributed by atoms with Crippen molar-refractivity contribution in [2.45, 2.75) is 56.8 Å². The zero-order valence-corrected chi connectivity index (χ0v) is 16.3. The quantitative estimate of drug-likeness (QED) is 0.484. The number of unbranched alkanes of at least 4 members (excludes halogenated alkanes) is 1. The molecule has 0 spiro atoms. The zero-order valence-electron chi connectivity index (χ0n) is 15.5. The molecule has 1 saturated heterocycles. The van der Waals surface area contributed by atoms with Gasteiger partial charge < -0.3 is 15.7 Å². The number of aryl methyl sites for hydroxylation is 1. The van der Waals surface area contributed by atoms with E-state index >= 15 is 0 Å². The van der Waals surface area contributed by atoms with Gasteiger partial charge in [-0.25, -0.2) is 0 Å². The SMILES string of the molecule is [B]CCCCC(N)(C(=O)O)C1CCN(CCCc2ccc(Cl)cc2)CC1. The van der Waals surface area contributed by atoms with Gasteiger partial charge in [0.25, 0.3) is 0 Å². The minimum Gasteiger partial charge on any atom is -0.480 e. The smallest absolute Gasteiger partial charge is 0.323 e. The third-order valence-corrected chi connectivity index (χ3v) is 5.86. The summed E-state index contributed by atoms with van der Waals surface area (Å²) in [4.78, 5) is 14.2. The minimum atomic E-state index is -1.11. The first kappa shape index (κ1) is 21.3. The molecule has 0 saturated carbocycles. The van der Waals surface area contributed by atoms with Crippen molar-refractivity contribution in [3.05, 3.63) is 34.9 Å². The minimum absolute atomic E-state index is 0.0466. The van der Waals surface area contributed by atoms with Crippen LogP contribution in [0.5, 0.6) is 0 Å². The Morgan fingerprint density at radius 3 is 2.46 bits per heavy atom. The fraction of sp³-hybridized carbons (Fsp3) is 0.650. The molecule has 2 radical (unpaired) electrons. The van der Waals surface area contributed by atoms with Gasteiger partial charge in [-0.15, -0.1) is 0 Å². The number of hydrogen-bond acceptors (Lipinski definition) is 3. The van der Waals surface area contributed by atoms with Crippen molar-refractivity contribution >= 4 is 25.4 Å². The third kappa shape index (κ3) is 6.00. The number of carboxylic acid groups (broad SMARTS) is 1. The molecule has 0 aliphatic carbocycles. The van der Waals surface area contributed by atoms with Gasteiger partial charge in [0, 0.05) is 5.02 Å². The number of nitrogens with two attached hydrogens (primary N) is 1. The van der Waals surface area contributed by atoms with Crippen molar-refractivity contribution in [1.29, 1.82) is 0 Å². The van der Waals surface area contributed by atoms with E-state index in [-0.39, 0.29) is 5.92 Å². The summed E-state index contributed by atoms with van der Waals surface area (Å²) in [6.45, 7) is 2.88. The first-order valence-electron chi connectivity index (χ1n) is 9.65. The summed E-state index contributed by atoms with van der Waals surface area (Å²) in [5.41, 5.74) is 6.52. The molecule has 1 aromatic carbocycles. The Morgan fingerprint density at radius 2 is 1.88 bits per heavy atom. The van der Waals surface area contributed by atoms with Gasteiger partial charge in [0.05, 0.1) is 7.85 Å². The number of benzene rings is 1. The Morgan fingerprint density at radius 1 is 1.23 bits per heavy atom. The Hall–Kier alpha value is -1.04.